The summed E-state index contributed by atoms with van der Waals surface area (Å²) in [6, 6.07) is 3.05. The lowest BCUT2D eigenvalue weighted by Crippen LogP contribution is -1.83. The standard InChI is InChI=1S/C9H8FN3S/c1-5-8(11)14-9(13-5)6-2-3-12-7(10)4-6/h2-4H,11H2,1H3. The van der Waals surface area contributed by atoms with E-state index in [2.05, 4.69) is 9.97 Å². The minimum absolute atomic E-state index is 0.506. The number of aryl methyl sites for hydroxylation is 1. The van der Waals surface area contributed by atoms with E-state index in [1.54, 1.807) is 6.07 Å². The summed E-state index contributed by atoms with van der Waals surface area (Å²) in [6.07, 6.45) is 1.41. The summed E-state index contributed by atoms with van der Waals surface area (Å²) >= 11 is 1.35. The Morgan fingerprint density at radius 3 is 2.86 bits per heavy atom. The van der Waals surface area contributed by atoms with Crippen molar-refractivity contribution in [2.45, 2.75) is 6.92 Å². The van der Waals surface area contributed by atoms with Gasteiger partial charge in [-0.05, 0) is 13.0 Å². The molecule has 0 aromatic carbocycles. The van der Waals surface area contributed by atoms with Crippen LogP contribution in [-0.2, 0) is 0 Å². The zero-order chi connectivity index (χ0) is 10.1. The molecule has 0 atom stereocenters. The lowest BCUT2D eigenvalue weighted by molar-refractivity contribution is 0.584. The molecule has 0 spiro atoms. The van der Waals surface area contributed by atoms with Crippen LogP contribution in [0.4, 0.5) is 9.39 Å². The van der Waals surface area contributed by atoms with Crippen molar-refractivity contribution in [3.8, 4) is 10.6 Å². The van der Waals surface area contributed by atoms with Gasteiger partial charge in [0.05, 0.1) is 5.69 Å². The number of nitrogens with zero attached hydrogens (tertiary/aromatic N) is 2. The Balaban J connectivity index is 2.49. The van der Waals surface area contributed by atoms with Crippen molar-refractivity contribution in [2.75, 3.05) is 5.73 Å². The molecule has 2 aromatic heterocycles. The Labute approximate surface area is 84.4 Å². The van der Waals surface area contributed by atoms with Crippen molar-refractivity contribution in [1.29, 1.82) is 0 Å². The minimum Gasteiger partial charge on any atom is -0.389 e. The number of anilines is 1. The zero-order valence-electron chi connectivity index (χ0n) is 7.49. The lowest BCUT2D eigenvalue weighted by Gasteiger charge is -1.93. The number of rotatable bonds is 1. The first kappa shape index (κ1) is 9.08. The van der Waals surface area contributed by atoms with Gasteiger partial charge in [0.2, 0.25) is 5.95 Å². The number of hydrogen-bond donors (Lipinski definition) is 1. The predicted octanol–water partition coefficient (Wildman–Crippen LogP) is 2.23. The van der Waals surface area contributed by atoms with E-state index in [9.17, 15) is 4.39 Å². The molecule has 2 heterocycles. The van der Waals surface area contributed by atoms with Gasteiger partial charge >= 0.3 is 0 Å². The van der Waals surface area contributed by atoms with Crippen LogP contribution in [0.3, 0.4) is 0 Å². The van der Waals surface area contributed by atoms with Crippen molar-refractivity contribution in [3.05, 3.63) is 30.0 Å². The molecule has 0 saturated heterocycles. The van der Waals surface area contributed by atoms with Crippen LogP contribution in [0, 0.1) is 12.9 Å². The maximum absolute atomic E-state index is 12.8. The van der Waals surface area contributed by atoms with Crippen molar-refractivity contribution in [1.82, 2.24) is 9.97 Å². The van der Waals surface area contributed by atoms with Crippen LogP contribution in [0.2, 0.25) is 0 Å². The van der Waals surface area contributed by atoms with Crippen molar-refractivity contribution in [2.24, 2.45) is 0 Å². The highest BCUT2D eigenvalue weighted by molar-refractivity contribution is 7.18. The number of nitrogens with two attached hydrogens (primary N) is 1. The van der Waals surface area contributed by atoms with Gasteiger partial charge in [-0.3, -0.25) is 0 Å². The normalized spacial score (nSPS) is 10.4. The highest BCUT2D eigenvalue weighted by Crippen LogP contribution is 2.29. The Kier molecular flexibility index (Phi) is 2.17. The molecule has 0 amide bonds. The average Bonchev–Trinajstić information content (AvgIpc) is 2.47. The van der Waals surface area contributed by atoms with Crippen LogP contribution in [0.5, 0.6) is 0 Å². The van der Waals surface area contributed by atoms with Crippen LogP contribution in [0.1, 0.15) is 5.69 Å². The van der Waals surface area contributed by atoms with E-state index >= 15 is 0 Å². The number of pyridine rings is 1. The third kappa shape index (κ3) is 1.58. The van der Waals surface area contributed by atoms with E-state index < -0.39 is 5.95 Å². The van der Waals surface area contributed by atoms with Crippen LogP contribution in [0.15, 0.2) is 18.3 Å². The number of halogens is 1. The third-order valence-electron chi connectivity index (χ3n) is 1.81. The number of nitrogen functional groups attached to an aromatic ring is 1. The molecule has 2 aromatic rings. The molecule has 2 N–H and O–H groups in total. The molecule has 0 bridgehead atoms. The number of thiazole rings is 1. The molecule has 0 fully saturated rings. The number of hydrogen-bond acceptors (Lipinski definition) is 4. The summed E-state index contributed by atoms with van der Waals surface area (Å²) in [6.45, 7) is 1.83. The predicted molar refractivity (Wildman–Crippen MR) is 54.5 cm³/mol. The van der Waals surface area contributed by atoms with Gasteiger partial charge in [-0.2, -0.15) is 4.39 Å². The van der Waals surface area contributed by atoms with E-state index in [0.717, 1.165) is 10.7 Å². The highest BCUT2D eigenvalue weighted by Gasteiger charge is 2.07. The maximum atomic E-state index is 12.8. The molecule has 0 unspecified atom stereocenters. The Bertz CT molecular complexity index is 447. The van der Waals surface area contributed by atoms with E-state index in [1.807, 2.05) is 6.92 Å². The minimum atomic E-state index is -0.506. The van der Waals surface area contributed by atoms with Crippen molar-refractivity contribution < 1.29 is 4.39 Å². The van der Waals surface area contributed by atoms with Gasteiger partial charge in [0.15, 0.2) is 0 Å². The largest absolute Gasteiger partial charge is 0.389 e. The molecule has 0 radical (unpaired) electrons. The Morgan fingerprint density at radius 2 is 2.29 bits per heavy atom. The van der Waals surface area contributed by atoms with Crippen LogP contribution < -0.4 is 5.73 Å². The summed E-state index contributed by atoms with van der Waals surface area (Å²) in [4.78, 5) is 7.69. The number of aromatic nitrogens is 2. The molecule has 5 heteroatoms. The Hall–Kier alpha value is -1.49. The van der Waals surface area contributed by atoms with Gasteiger partial charge < -0.3 is 5.73 Å². The zero-order valence-corrected chi connectivity index (χ0v) is 8.31. The van der Waals surface area contributed by atoms with Gasteiger partial charge in [-0.15, -0.1) is 0 Å². The summed E-state index contributed by atoms with van der Waals surface area (Å²) < 4.78 is 12.8. The van der Waals surface area contributed by atoms with Gasteiger partial charge in [0.1, 0.15) is 10.0 Å². The van der Waals surface area contributed by atoms with Crippen molar-refractivity contribution >= 4 is 16.3 Å². The molecular formula is C9H8FN3S. The van der Waals surface area contributed by atoms with Gasteiger partial charge in [-0.25, -0.2) is 9.97 Å². The molecular weight excluding hydrogens is 201 g/mol. The molecule has 0 aliphatic carbocycles. The second-order valence-corrected chi connectivity index (χ2v) is 3.87. The SMILES string of the molecule is Cc1nc(-c2ccnc(F)c2)sc1N. The molecule has 0 aliphatic heterocycles. The smallest absolute Gasteiger partial charge is 0.213 e. The fraction of sp³-hybridized carbons (Fsp3) is 0.111. The van der Waals surface area contributed by atoms with E-state index in [0.29, 0.717) is 10.6 Å². The second kappa shape index (κ2) is 3.34. The molecule has 3 nitrogen and oxygen atoms in total. The first-order valence-corrected chi connectivity index (χ1v) is 4.83. The molecule has 14 heavy (non-hydrogen) atoms. The summed E-state index contributed by atoms with van der Waals surface area (Å²) in [5.74, 6) is -0.506. The second-order valence-electron chi connectivity index (χ2n) is 2.84. The van der Waals surface area contributed by atoms with Gasteiger partial charge in [0.25, 0.3) is 0 Å². The summed E-state index contributed by atoms with van der Waals surface area (Å²) in [5.41, 5.74) is 7.15. The quantitative estimate of drug-likeness (QED) is 0.733. The Morgan fingerprint density at radius 1 is 1.50 bits per heavy atom. The highest BCUT2D eigenvalue weighted by atomic mass is 32.1. The van der Waals surface area contributed by atoms with Crippen LogP contribution in [0.25, 0.3) is 10.6 Å². The third-order valence-corrected chi connectivity index (χ3v) is 2.84. The maximum Gasteiger partial charge on any atom is 0.213 e. The molecule has 72 valence electrons. The van der Waals surface area contributed by atoms with Gasteiger partial charge in [-0.1, -0.05) is 11.3 Å². The average molecular weight is 209 g/mol. The lowest BCUT2D eigenvalue weighted by atomic mass is 10.3. The van der Waals surface area contributed by atoms with Crippen LogP contribution in [-0.4, -0.2) is 9.97 Å². The topological polar surface area (TPSA) is 51.8 Å². The summed E-state index contributed by atoms with van der Waals surface area (Å²) in [7, 11) is 0. The van der Waals surface area contributed by atoms with Gasteiger partial charge in [0, 0.05) is 17.8 Å². The van der Waals surface area contributed by atoms with E-state index in [1.165, 1.54) is 23.6 Å². The van der Waals surface area contributed by atoms with E-state index in [4.69, 9.17) is 5.73 Å². The first-order valence-electron chi connectivity index (χ1n) is 4.01. The fourth-order valence-corrected chi connectivity index (χ4v) is 1.90. The molecule has 0 aliphatic rings. The molecule has 0 saturated carbocycles. The fourth-order valence-electron chi connectivity index (χ4n) is 1.07. The monoisotopic (exact) mass is 209 g/mol. The first-order chi connectivity index (χ1) is 6.66. The van der Waals surface area contributed by atoms with Crippen LogP contribution >= 0.6 is 11.3 Å². The van der Waals surface area contributed by atoms with Crippen molar-refractivity contribution in [3.63, 3.8) is 0 Å². The summed E-state index contributed by atoms with van der Waals surface area (Å²) in [5, 5.41) is 1.39. The van der Waals surface area contributed by atoms with E-state index in [-0.39, 0.29) is 0 Å². The molecule has 2 rings (SSSR count).